The van der Waals surface area contributed by atoms with Crippen LogP contribution < -0.4 is 10.1 Å². The van der Waals surface area contributed by atoms with Gasteiger partial charge in [-0.1, -0.05) is 50.3 Å². The number of hydrogen-bond acceptors (Lipinski definition) is 6. The molecule has 0 saturated heterocycles. The van der Waals surface area contributed by atoms with Gasteiger partial charge in [0.05, 0.1) is 11.8 Å². The van der Waals surface area contributed by atoms with Gasteiger partial charge >= 0.3 is 5.97 Å². The smallest absolute Gasteiger partial charge is 0.307 e. The zero-order valence-electron chi connectivity index (χ0n) is 14.8. The van der Waals surface area contributed by atoms with Crippen molar-refractivity contribution in [3.05, 3.63) is 35.3 Å². The number of anilines is 1. The van der Waals surface area contributed by atoms with E-state index in [2.05, 4.69) is 15.5 Å². The van der Waals surface area contributed by atoms with Crippen LogP contribution in [0.5, 0.6) is 5.75 Å². The highest BCUT2D eigenvalue weighted by atomic mass is 32.1. The first-order valence-corrected chi connectivity index (χ1v) is 9.25. The molecule has 1 aromatic heterocycles. The number of benzene rings is 1. The summed E-state index contributed by atoms with van der Waals surface area (Å²) in [5, 5.41) is 21.0. The number of aliphatic carboxylic acids is 1. The number of hydrogen-bond donors (Lipinski definition) is 2. The van der Waals surface area contributed by atoms with Gasteiger partial charge in [0.25, 0.3) is 0 Å². The lowest BCUT2D eigenvalue weighted by Crippen LogP contribution is -2.17. The van der Waals surface area contributed by atoms with Crippen LogP contribution in [0.15, 0.2) is 30.3 Å². The van der Waals surface area contributed by atoms with Crippen molar-refractivity contribution >= 4 is 28.3 Å². The van der Waals surface area contributed by atoms with E-state index in [0.717, 1.165) is 5.75 Å². The van der Waals surface area contributed by atoms with E-state index in [9.17, 15) is 14.7 Å². The summed E-state index contributed by atoms with van der Waals surface area (Å²) in [5.41, 5.74) is -0.550. The highest BCUT2D eigenvalue weighted by Crippen LogP contribution is 2.58. The molecule has 8 heteroatoms. The van der Waals surface area contributed by atoms with Crippen LogP contribution in [-0.2, 0) is 9.59 Å². The number of nitrogens with one attached hydrogen (secondary N) is 1. The molecule has 0 bridgehead atoms. The van der Waals surface area contributed by atoms with Crippen molar-refractivity contribution in [2.45, 2.75) is 33.3 Å². The second-order valence-corrected chi connectivity index (χ2v) is 7.89. The van der Waals surface area contributed by atoms with Gasteiger partial charge in [-0.2, -0.15) is 0 Å². The maximum Gasteiger partial charge on any atom is 0.307 e. The molecule has 1 amide bonds. The Morgan fingerprint density at radius 2 is 1.96 bits per heavy atom. The molecule has 0 radical (unpaired) electrons. The zero-order chi connectivity index (χ0) is 18.9. The van der Waals surface area contributed by atoms with Crippen LogP contribution in [0.1, 0.15) is 38.3 Å². The predicted molar refractivity (Wildman–Crippen MR) is 97.0 cm³/mol. The Morgan fingerprint density at radius 1 is 1.27 bits per heavy atom. The van der Waals surface area contributed by atoms with E-state index in [-0.39, 0.29) is 12.0 Å². The Morgan fingerprint density at radius 3 is 2.54 bits per heavy atom. The highest BCUT2D eigenvalue weighted by molar-refractivity contribution is 7.15. The number of carboxylic acids is 1. The van der Waals surface area contributed by atoms with E-state index in [1.165, 1.54) is 11.3 Å². The molecule has 2 N–H and O–H groups in total. The summed E-state index contributed by atoms with van der Waals surface area (Å²) < 4.78 is 5.93. The molecule has 7 nitrogen and oxygen atoms in total. The average molecular weight is 375 g/mol. The van der Waals surface area contributed by atoms with Gasteiger partial charge in [0, 0.05) is 0 Å². The van der Waals surface area contributed by atoms with Crippen molar-refractivity contribution in [2.75, 3.05) is 5.32 Å². The van der Waals surface area contributed by atoms with E-state index in [1.807, 2.05) is 37.3 Å². The minimum Gasteiger partial charge on any atom is -0.483 e. The molecule has 3 atom stereocenters. The van der Waals surface area contributed by atoms with Gasteiger partial charge in [-0.05, 0) is 24.0 Å². The lowest BCUT2D eigenvalue weighted by molar-refractivity contribution is -0.140. The van der Waals surface area contributed by atoms with Gasteiger partial charge in [-0.25, -0.2) is 0 Å². The Kier molecular flexibility index (Phi) is 4.95. The third-order valence-corrected chi connectivity index (χ3v) is 5.65. The highest BCUT2D eigenvalue weighted by Gasteiger charge is 2.66. The SMILES string of the molecule is CC[C@@H](Oc1ccccc1)c1nnc(NC(=O)[C@H]2[C@H](C(=O)O)C2(C)C)s1. The van der Waals surface area contributed by atoms with E-state index < -0.39 is 23.2 Å². The lowest BCUT2D eigenvalue weighted by atomic mass is 10.1. The number of nitrogens with zero attached hydrogens (tertiary/aromatic N) is 2. The first kappa shape index (κ1) is 18.3. The first-order chi connectivity index (χ1) is 12.3. The van der Waals surface area contributed by atoms with Crippen LogP contribution in [0.2, 0.25) is 0 Å². The Bertz CT molecular complexity index is 806. The minimum absolute atomic E-state index is 0.260. The molecular formula is C18H21N3O4S. The topological polar surface area (TPSA) is 101 Å². The lowest BCUT2D eigenvalue weighted by Gasteiger charge is -2.14. The summed E-state index contributed by atoms with van der Waals surface area (Å²) in [5.74, 6) is -1.77. The molecule has 1 fully saturated rings. The van der Waals surface area contributed by atoms with Gasteiger partial charge in [-0.15, -0.1) is 10.2 Å². The van der Waals surface area contributed by atoms with Gasteiger partial charge in [0.1, 0.15) is 5.75 Å². The number of carbonyl (C=O) groups is 2. The molecule has 3 rings (SSSR count). The second-order valence-electron chi connectivity index (χ2n) is 6.88. The molecular weight excluding hydrogens is 354 g/mol. The maximum atomic E-state index is 12.4. The van der Waals surface area contributed by atoms with Gasteiger partial charge in [0.2, 0.25) is 11.0 Å². The maximum absolute atomic E-state index is 12.4. The average Bonchev–Trinajstić information content (AvgIpc) is 2.94. The van der Waals surface area contributed by atoms with E-state index in [4.69, 9.17) is 4.74 Å². The van der Waals surface area contributed by atoms with Crippen LogP contribution in [-0.4, -0.2) is 27.2 Å². The van der Waals surface area contributed by atoms with Crippen molar-refractivity contribution in [3.63, 3.8) is 0 Å². The first-order valence-electron chi connectivity index (χ1n) is 8.43. The largest absolute Gasteiger partial charge is 0.483 e. The zero-order valence-corrected chi connectivity index (χ0v) is 15.6. The third kappa shape index (κ3) is 3.55. The molecule has 1 saturated carbocycles. The number of ether oxygens (including phenoxy) is 1. The molecule has 0 aliphatic heterocycles. The quantitative estimate of drug-likeness (QED) is 0.769. The standard InChI is InChI=1S/C18H21N3O4S/c1-4-11(25-10-8-6-5-7-9-10)15-20-21-17(26-15)19-14(22)12-13(16(23)24)18(12,2)3/h5-9,11-13H,4H2,1-3H3,(H,23,24)(H,19,21,22)/t11-,12-,13-/m1/s1. The third-order valence-electron chi connectivity index (χ3n) is 4.71. The van der Waals surface area contributed by atoms with E-state index in [1.54, 1.807) is 13.8 Å². The number of carboxylic acid groups (broad SMARTS) is 1. The van der Waals surface area contributed by atoms with Crippen LogP contribution in [0, 0.1) is 17.3 Å². The molecule has 1 aliphatic rings. The molecule has 26 heavy (non-hydrogen) atoms. The number of amides is 1. The molecule has 138 valence electrons. The van der Waals surface area contributed by atoms with Crippen LogP contribution in [0.3, 0.4) is 0 Å². The van der Waals surface area contributed by atoms with Crippen molar-refractivity contribution in [3.8, 4) is 5.75 Å². The number of para-hydroxylation sites is 1. The predicted octanol–water partition coefficient (Wildman–Crippen LogP) is 3.36. The summed E-state index contributed by atoms with van der Waals surface area (Å²) in [4.78, 5) is 23.6. The number of aromatic nitrogens is 2. The van der Waals surface area contributed by atoms with Crippen molar-refractivity contribution in [1.82, 2.24) is 10.2 Å². The molecule has 2 aromatic rings. The Hall–Kier alpha value is -2.48. The summed E-state index contributed by atoms with van der Waals surface area (Å²) in [7, 11) is 0. The molecule has 1 aliphatic carbocycles. The fraction of sp³-hybridized carbons (Fsp3) is 0.444. The summed E-state index contributed by atoms with van der Waals surface area (Å²) in [6.07, 6.45) is 0.443. The second kappa shape index (κ2) is 7.03. The summed E-state index contributed by atoms with van der Waals surface area (Å²) in [6.45, 7) is 5.54. The fourth-order valence-electron chi connectivity index (χ4n) is 3.16. The van der Waals surface area contributed by atoms with E-state index >= 15 is 0 Å². The van der Waals surface area contributed by atoms with Gasteiger partial charge in [-0.3, -0.25) is 9.59 Å². The Balaban J connectivity index is 1.66. The van der Waals surface area contributed by atoms with Crippen LogP contribution >= 0.6 is 11.3 Å². The van der Waals surface area contributed by atoms with Gasteiger partial charge < -0.3 is 15.2 Å². The van der Waals surface area contributed by atoms with Crippen molar-refractivity contribution in [2.24, 2.45) is 17.3 Å². The molecule has 1 aromatic carbocycles. The van der Waals surface area contributed by atoms with Crippen molar-refractivity contribution < 1.29 is 19.4 Å². The molecule has 0 spiro atoms. The summed E-state index contributed by atoms with van der Waals surface area (Å²) >= 11 is 1.24. The number of rotatable bonds is 7. The van der Waals surface area contributed by atoms with Gasteiger partial charge in [0.15, 0.2) is 11.1 Å². The van der Waals surface area contributed by atoms with Crippen LogP contribution in [0.4, 0.5) is 5.13 Å². The minimum atomic E-state index is -0.949. The molecule has 0 unspecified atom stereocenters. The molecule has 1 heterocycles. The fourth-order valence-corrected chi connectivity index (χ4v) is 4.02. The number of carbonyl (C=O) groups excluding carboxylic acids is 1. The monoisotopic (exact) mass is 375 g/mol. The normalized spacial score (nSPS) is 21.7. The van der Waals surface area contributed by atoms with E-state index in [0.29, 0.717) is 16.6 Å². The van der Waals surface area contributed by atoms with Crippen molar-refractivity contribution in [1.29, 1.82) is 0 Å². The van der Waals surface area contributed by atoms with Crippen LogP contribution in [0.25, 0.3) is 0 Å². The Labute approximate surface area is 155 Å². The summed E-state index contributed by atoms with van der Waals surface area (Å²) in [6, 6.07) is 9.44.